The molecule has 3 rings (SSSR count). The Morgan fingerprint density at radius 3 is 2.19 bits per heavy atom. The van der Waals surface area contributed by atoms with Crippen molar-refractivity contribution in [3.05, 3.63) is 42.5 Å². The van der Waals surface area contributed by atoms with Crippen LogP contribution in [-0.2, 0) is 9.59 Å². The van der Waals surface area contributed by atoms with Gasteiger partial charge in [-0.15, -0.1) is 0 Å². The van der Waals surface area contributed by atoms with Gasteiger partial charge in [0.25, 0.3) is 0 Å². The van der Waals surface area contributed by atoms with Crippen molar-refractivity contribution in [2.75, 3.05) is 5.32 Å². The van der Waals surface area contributed by atoms with Crippen molar-refractivity contribution in [1.82, 2.24) is 4.90 Å². The molecule has 26 heavy (non-hydrogen) atoms. The van der Waals surface area contributed by atoms with Gasteiger partial charge in [-0.3, -0.25) is 9.59 Å². The van der Waals surface area contributed by atoms with Crippen molar-refractivity contribution >= 4 is 28.3 Å². The molecule has 3 N–H and O–H groups in total. The van der Waals surface area contributed by atoms with Crippen molar-refractivity contribution in [3.8, 4) is 0 Å². The maximum Gasteiger partial charge on any atom is 0.313 e. The molecule has 1 heterocycles. The zero-order valence-electron chi connectivity index (χ0n) is 15.9. The number of nitrogens with one attached hydrogen (secondary N) is 1. The summed E-state index contributed by atoms with van der Waals surface area (Å²) < 4.78 is 0. The average Bonchev–Trinajstić information content (AvgIpc) is 2.51. The molecule has 2 aromatic rings. The second kappa shape index (κ2) is 6.40. The summed E-state index contributed by atoms with van der Waals surface area (Å²) in [5.74, 6) is -1.13. The summed E-state index contributed by atoms with van der Waals surface area (Å²) in [6.45, 7) is 7.87. The molecule has 138 valence electrons. The summed E-state index contributed by atoms with van der Waals surface area (Å²) in [4.78, 5) is 27.3. The summed E-state index contributed by atoms with van der Waals surface area (Å²) in [6, 6.07) is 13.5. The second-order valence-electron chi connectivity index (χ2n) is 8.45. The van der Waals surface area contributed by atoms with Gasteiger partial charge in [-0.25, -0.2) is 0 Å². The number of hydrogen-bond donors (Lipinski definition) is 2. The lowest BCUT2D eigenvalue weighted by atomic mass is 9.77. The number of benzene rings is 2. The third-order valence-electron chi connectivity index (χ3n) is 5.14. The number of anilines is 1. The van der Waals surface area contributed by atoms with E-state index in [1.165, 1.54) is 0 Å². The summed E-state index contributed by atoms with van der Waals surface area (Å²) in [5, 5.41) is 4.86. The predicted molar refractivity (Wildman–Crippen MR) is 105 cm³/mol. The lowest BCUT2D eigenvalue weighted by molar-refractivity contribution is -0.156. The molecule has 0 aromatic heterocycles. The number of piperidine rings is 1. The number of amides is 2. The van der Waals surface area contributed by atoms with Crippen LogP contribution in [0.25, 0.3) is 10.8 Å². The van der Waals surface area contributed by atoms with E-state index >= 15 is 0 Å². The van der Waals surface area contributed by atoms with E-state index in [0.29, 0.717) is 18.5 Å². The molecule has 0 atom stereocenters. The topological polar surface area (TPSA) is 75.4 Å². The molecule has 5 nitrogen and oxygen atoms in total. The van der Waals surface area contributed by atoms with Crippen molar-refractivity contribution in [3.63, 3.8) is 0 Å². The SMILES string of the molecule is CC1(C)CC(N)CC(C)(C)N1C(=O)C(=O)Nc1ccc2ccccc2c1. The zero-order chi connectivity index (χ0) is 19.1. The lowest BCUT2D eigenvalue weighted by Gasteiger charge is -2.54. The van der Waals surface area contributed by atoms with E-state index in [-0.39, 0.29) is 6.04 Å². The van der Waals surface area contributed by atoms with E-state index in [1.807, 2.05) is 70.2 Å². The minimum atomic E-state index is -0.614. The molecule has 0 bridgehead atoms. The first-order valence-electron chi connectivity index (χ1n) is 9.00. The van der Waals surface area contributed by atoms with Crippen LogP contribution < -0.4 is 11.1 Å². The van der Waals surface area contributed by atoms with Crippen molar-refractivity contribution in [2.24, 2.45) is 5.73 Å². The highest BCUT2D eigenvalue weighted by Gasteiger charge is 2.48. The Morgan fingerprint density at radius 2 is 1.58 bits per heavy atom. The first-order valence-corrected chi connectivity index (χ1v) is 9.00. The standard InChI is InChI=1S/C21H27N3O2/c1-20(2)12-16(22)13-21(3,4)24(20)19(26)18(25)23-17-10-9-14-7-5-6-8-15(14)11-17/h5-11,16H,12-13,22H2,1-4H3,(H,23,25). The number of fused-ring (bicyclic) bond motifs is 1. The molecule has 1 aliphatic heterocycles. The minimum absolute atomic E-state index is 0.0209. The van der Waals surface area contributed by atoms with E-state index in [9.17, 15) is 9.59 Å². The van der Waals surface area contributed by atoms with Crippen LogP contribution in [-0.4, -0.2) is 33.8 Å². The van der Waals surface area contributed by atoms with Gasteiger partial charge in [-0.05, 0) is 63.4 Å². The molecule has 2 amide bonds. The monoisotopic (exact) mass is 353 g/mol. The van der Waals surface area contributed by atoms with Crippen LogP contribution in [0.2, 0.25) is 0 Å². The van der Waals surface area contributed by atoms with Crippen LogP contribution in [0.15, 0.2) is 42.5 Å². The number of hydrogen-bond acceptors (Lipinski definition) is 3. The van der Waals surface area contributed by atoms with Gasteiger partial charge in [-0.1, -0.05) is 30.3 Å². The van der Waals surface area contributed by atoms with Gasteiger partial charge in [0.1, 0.15) is 0 Å². The highest BCUT2D eigenvalue weighted by atomic mass is 16.2. The number of likely N-dealkylation sites (tertiary alicyclic amines) is 1. The Bertz CT molecular complexity index is 839. The summed E-state index contributed by atoms with van der Waals surface area (Å²) in [5.41, 5.74) is 5.83. The van der Waals surface area contributed by atoms with E-state index in [4.69, 9.17) is 5.73 Å². The van der Waals surface area contributed by atoms with Gasteiger partial charge in [-0.2, -0.15) is 0 Å². The van der Waals surface area contributed by atoms with Crippen molar-refractivity contribution in [1.29, 1.82) is 0 Å². The molecule has 0 saturated carbocycles. The molecule has 2 aromatic carbocycles. The van der Waals surface area contributed by atoms with Crippen LogP contribution in [0.1, 0.15) is 40.5 Å². The van der Waals surface area contributed by atoms with Gasteiger partial charge in [0.2, 0.25) is 0 Å². The maximum absolute atomic E-state index is 13.0. The highest BCUT2D eigenvalue weighted by molar-refractivity contribution is 6.40. The normalized spacial score (nSPS) is 19.3. The van der Waals surface area contributed by atoms with Gasteiger partial charge >= 0.3 is 11.8 Å². The van der Waals surface area contributed by atoms with Gasteiger partial charge in [0.05, 0.1) is 0 Å². The van der Waals surface area contributed by atoms with Crippen molar-refractivity contribution in [2.45, 2.75) is 57.7 Å². The number of nitrogens with two attached hydrogens (primary N) is 1. The van der Waals surface area contributed by atoms with Crippen molar-refractivity contribution < 1.29 is 9.59 Å². The summed E-state index contributed by atoms with van der Waals surface area (Å²) in [7, 11) is 0. The van der Waals surface area contributed by atoms with Crippen LogP contribution in [0.4, 0.5) is 5.69 Å². The number of nitrogens with zero attached hydrogens (tertiary/aromatic N) is 1. The number of rotatable bonds is 1. The Hall–Kier alpha value is -2.40. The third kappa shape index (κ3) is 3.44. The van der Waals surface area contributed by atoms with Gasteiger partial charge in [0.15, 0.2) is 0 Å². The second-order valence-corrected chi connectivity index (χ2v) is 8.45. The van der Waals surface area contributed by atoms with E-state index in [2.05, 4.69) is 5.32 Å². The van der Waals surface area contributed by atoms with Crippen LogP contribution >= 0.6 is 0 Å². The fraction of sp³-hybridized carbons (Fsp3) is 0.429. The molecule has 5 heteroatoms. The van der Waals surface area contributed by atoms with Crippen LogP contribution in [0.5, 0.6) is 0 Å². The molecule has 0 aliphatic carbocycles. The Balaban J connectivity index is 1.83. The smallest absolute Gasteiger partial charge is 0.313 e. The molecule has 0 radical (unpaired) electrons. The van der Waals surface area contributed by atoms with E-state index in [0.717, 1.165) is 10.8 Å². The minimum Gasteiger partial charge on any atom is -0.328 e. The highest BCUT2D eigenvalue weighted by Crippen LogP contribution is 2.38. The largest absolute Gasteiger partial charge is 0.328 e. The molecule has 1 fully saturated rings. The molecule has 0 unspecified atom stereocenters. The Kier molecular flexibility index (Phi) is 4.53. The Labute approximate surface area is 154 Å². The van der Waals surface area contributed by atoms with Gasteiger partial charge in [0, 0.05) is 22.8 Å². The summed E-state index contributed by atoms with van der Waals surface area (Å²) >= 11 is 0. The molecule has 1 saturated heterocycles. The van der Waals surface area contributed by atoms with Gasteiger partial charge < -0.3 is 16.0 Å². The molecular formula is C21H27N3O2. The average molecular weight is 353 g/mol. The number of carbonyl (C=O) groups is 2. The summed E-state index contributed by atoms with van der Waals surface area (Å²) in [6.07, 6.45) is 1.34. The fourth-order valence-electron chi connectivity index (χ4n) is 4.46. The van der Waals surface area contributed by atoms with Crippen LogP contribution in [0.3, 0.4) is 0 Å². The molecular weight excluding hydrogens is 326 g/mol. The first-order chi connectivity index (χ1) is 12.1. The Morgan fingerprint density at radius 1 is 1.00 bits per heavy atom. The predicted octanol–water partition coefficient (Wildman–Crippen LogP) is 3.29. The zero-order valence-corrected chi connectivity index (χ0v) is 15.9. The molecule has 0 spiro atoms. The number of carbonyl (C=O) groups excluding carboxylic acids is 2. The first kappa shape index (κ1) is 18.4. The maximum atomic E-state index is 13.0. The molecule has 1 aliphatic rings. The quantitative estimate of drug-likeness (QED) is 0.773. The fourth-order valence-corrected chi connectivity index (χ4v) is 4.46. The third-order valence-corrected chi connectivity index (χ3v) is 5.14. The van der Waals surface area contributed by atoms with E-state index < -0.39 is 22.9 Å². The lowest BCUT2D eigenvalue weighted by Crippen LogP contribution is -2.66. The van der Waals surface area contributed by atoms with Crippen LogP contribution in [0, 0.1) is 0 Å². The van der Waals surface area contributed by atoms with E-state index in [1.54, 1.807) is 4.90 Å².